The molecule has 0 aromatic rings. The number of hydrogen-bond acceptors (Lipinski definition) is 3. The van der Waals surface area contributed by atoms with Gasteiger partial charge in [0.2, 0.25) is 5.91 Å². The van der Waals surface area contributed by atoms with Gasteiger partial charge in [-0.1, -0.05) is 0 Å². The minimum atomic E-state index is 0.158. The van der Waals surface area contributed by atoms with Crippen LogP contribution in [0.4, 0.5) is 0 Å². The quantitative estimate of drug-likeness (QED) is 0.612. The van der Waals surface area contributed by atoms with E-state index in [1.807, 2.05) is 6.08 Å². The number of amides is 1. The Balaban J connectivity index is 1.88. The first kappa shape index (κ1) is 9.21. The third-order valence-corrected chi connectivity index (χ3v) is 3.94. The van der Waals surface area contributed by atoms with Crippen molar-refractivity contribution in [2.45, 2.75) is 25.3 Å². The largest absolute Gasteiger partial charge is 0.417 e. The van der Waals surface area contributed by atoms with E-state index in [4.69, 9.17) is 4.84 Å². The molecule has 0 spiro atoms. The van der Waals surface area contributed by atoms with Crippen molar-refractivity contribution >= 4 is 5.91 Å². The molecule has 0 radical (unpaired) electrons. The fourth-order valence-electron chi connectivity index (χ4n) is 3.19. The lowest BCUT2D eigenvalue weighted by molar-refractivity contribution is -0.134. The van der Waals surface area contributed by atoms with Gasteiger partial charge in [-0.05, 0) is 31.3 Å². The van der Waals surface area contributed by atoms with Gasteiger partial charge in [0, 0.05) is 24.4 Å². The van der Waals surface area contributed by atoms with Gasteiger partial charge in [-0.3, -0.25) is 4.79 Å². The summed E-state index contributed by atoms with van der Waals surface area (Å²) in [4.78, 5) is 17.0. The first-order valence-electron chi connectivity index (χ1n) is 5.72. The average molecular weight is 208 g/mol. The molecule has 1 amide bonds. The highest BCUT2D eigenvalue weighted by Gasteiger charge is 2.44. The minimum Gasteiger partial charge on any atom is -0.417 e. The normalized spacial score (nSPS) is 43.6. The first-order valence-corrected chi connectivity index (χ1v) is 5.72. The standard InChI is InChI=1S/C11H16N2O2/c14-11-10-7(3-5-12-11)1-2-9-8(10)4-6-15-13-9/h4,6-10,13H,1-3,5H2,(H,12,14). The summed E-state index contributed by atoms with van der Waals surface area (Å²) in [6.07, 6.45) is 7.11. The lowest BCUT2D eigenvalue weighted by atomic mass is 9.66. The maximum Gasteiger partial charge on any atom is 0.224 e. The second kappa shape index (κ2) is 3.52. The van der Waals surface area contributed by atoms with E-state index in [9.17, 15) is 4.79 Å². The maximum atomic E-state index is 11.9. The Morgan fingerprint density at radius 2 is 2.27 bits per heavy atom. The van der Waals surface area contributed by atoms with E-state index in [0.717, 1.165) is 25.8 Å². The number of nitrogens with one attached hydrogen (secondary N) is 2. The van der Waals surface area contributed by atoms with E-state index >= 15 is 0 Å². The van der Waals surface area contributed by atoms with Gasteiger partial charge in [-0.25, -0.2) is 0 Å². The molecular weight excluding hydrogens is 192 g/mol. The van der Waals surface area contributed by atoms with Gasteiger partial charge in [-0.2, -0.15) is 5.48 Å². The second-order valence-electron chi connectivity index (χ2n) is 4.69. The van der Waals surface area contributed by atoms with Gasteiger partial charge < -0.3 is 10.2 Å². The van der Waals surface area contributed by atoms with E-state index < -0.39 is 0 Å². The number of hydroxylamine groups is 1. The Kier molecular flexibility index (Phi) is 2.16. The Morgan fingerprint density at radius 1 is 1.33 bits per heavy atom. The number of fused-ring (bicyclic) bond motifs is 3. The zero-order valence-corrected chi connectivity index (χ0v) is 8.61. The monoisotopic (exact) mass is 208 g/mol. The molecule has 4 unspecified atom stereocenters. The Hall–Kier alpha value is -1.03. The molecule has 4 nitrogen and oxygen atoms in total. The molecule has 0 bridgehead atoms. The predicted octanol–water partition coefficient (Wildman–Crippen LogP) is 0.566. The molecule has 1 saturated carbocycles. The molecule has 4 atom stereocenters. The predicted molar refractivity (Wildman–Crippen MR) is 54.5 cm³/mol. The molecule has 2 fully saturated rings. The van der Waals surface area contributed by atoms with Crippen molar-refractivity contribution in [2.75, 3.05) is 6.54 Å². The summed E-state index contributed by atoms with van der Waals surface area (Å²) in [5, 5.41) is 2.97. The average Bonchev–Trinajstić information content (AvgIpc) is 2.29. The summed E-state index contributed by atoms with van der Waals surface area (Å²) >= 11 is 0. The van der Waals surface area contributed by atoms with Gasteiger partial charge in [0.25, 0.3) is 0 Å². The number of rotatable bonds is 0. The van der Waals surface area contributed by atoms with Crippen LogP contribution in [-0.2, 0) is 9.63 Å². The number of hydrogen-bond donors (Lipinski definition) is 2. The van der Waals surface area contributed by atoms with Crippen LogP contribution in [0.3, 0.4) is 0 Å². The summed E-state index contributed by atoms with van der Waals surface area (Å²) in [7, 11) is 0. The van der Waals surface area contributed by atoms with Crippen molar-refractivity contribution in [1.82, 2.24) is 10.8 Å². The van der Waals surface area contributed by atoms with E-state index in [0.29, 0.717) is 17.9 Å². The fraction of sp³-hybridized carbons (Fsp3) is 0.727. The molecule has 3 rings (SSSR count). The van der Waals surface area contributed by atoms with Gasteiger partial charge in [-0.15, -0.1) is 0 Å². The minimum absolute atomic E-state index is 0.158. The van der Waals surface area contributed by atoms with Gasteiger partial charge >= 0.3 is 0 Å². The van der Waals surface area contributed by atoms with Crippen LogP contribution in [0.5, 0.6) is 0 Å². The lowest BCUT2D eigenvalue weighted by Crippen LogP contribution is -2.54. The molecule has 0 aromatic heterocycles. The SMILES string of the molecule is O=C1NCCC2CCC3NOC=CC3C12. The van der Waals surface area contributed by atoms with Crippen molar-refractivity contribution in [2.24, 2.45) is 17.8 Å². The van der Waals surface area contributed by atoms with Crippen LogP contribution in [0.2, 0.25) is 0 Å². The van der Waals surface area contributed by atoms with Gasteiger partial charge in [0.15, 0.2) is 0 Å². The first-order chi connectivity index (χ1) is 7.36. The molecule has 1 saturated heterocycles. The van der Waals surface area contributed by atoms with Crippen LogP contribution in [0, 0.1) is 17.8 Å². The van der Waals surface area contributed by atoms with Crippen LogP contribution in [0.1, 0.15) is 19.3 Å². The second-order valence-corrected chi connectivity index (χ2v) is 4.69. The summed E-state index contributed by atoms with van der Waals surface area (Å²) in [6, 6.07) is 0.320. The zero-order chi connectivity index (χ0) is 10.3. The summed E-state index contributed by atoms with van der Waals surface area (Å²) in [6.45, 7) is 0.852. The van der Waals surface area contributed by atoms with Gasteiger partial charge in [0.05, 0.1) is 0 Å². The highest BCUT2D eigenvalue weighted by atomic mass is 16.6. The van der Waals surface area contributed by atoms with Crippen LogP contribution in [-0.4, -0.2) is 18.5 Å². The molecule has 2 aliphatic heterocycles. The number of carbonyl (C=O) groups excluding carboxylic acids is 1. The maximum absolute atomic E-state index is 11.9. The van der Waals surface area contributed by atoms with Crippen LogP contribution < -0.4 is 10.8 Å². The number of piperidine rings is 1. The summed E-state index contributed by atoms with van der Waals surface area (Å²) < 4.78 is 0. The van der Waals surface area contributed by atoms with Crippen LogP contribution in [0.15, 0.2) is 12.3 Å². The van der Waals surface area contributed by atoms with E-state index in [2.05, 4.69) is 10.8 Å². The van der Waals surface area contributed by atoms with Crippen molar-refractivity contribution in [3.8, 4) is 0 Å². The van der Waals surface area contributed by atoms with Crippen molar-refractivity contribution < 1.29 is 9.63 Å². The molecular formula is C11H16N2O2. The topological polar surface area (TPSA) is 50.4 Å². The molecule has 2 N–H and O–H groups in total. The zero-order valence-electron chi connectivity index (χ0n) is 8.61. The van der Waals surface area contributed by atoms with Crippen molar-refractivity contribution in [1.29, 1.82) is 0 Å². The van der Waals surface area contributed by atoms with Crippen LogP contribution in [0.25, 0.3) is 0 Å². The third-order valence-electron chi connectivity index (χ3n) is 3.94. The van der Waals surface area contributed by atoms with Crippen LogP contribution >= 0.6 is 0 Å². The Morgan fingerprint density at radius 3 is 3.20 bits per heavy atom. The molecule has 2 heterocycles. The molecule has 15 heavy (non-hydrogen) atoms. The third kappa shape index (κ3) is 1.44. The highest BCUT2D eigenvalue weighted by molar-refractivity contribution is 5.80. The fourth-order valence-corrected chi connectivity index (χ4v) is 3.19. The molecule has 3 aliphatic rings. The van der Waals surface area contributed by atoms with E-state index in [-0.39, 0.29) is 11.8 Å². The van der Waals surface area contributed by atoms with Gasteiger partial charge in [0.1, 0.15) is 6.26 Å². The van der Waals surface area contributed by atoms with Crippen molar-refractivity contribution in [3.63, 3.8) is 0 Å². The Bertz CT molecular complexity index is 303. The summed E-state index contributed by atoms with van der Waals surface area (Å²) in [5.74, 6) is 1.28. The molecule has 82 valence electrons. The molecule has 0 aromatic carbocycles. The highest BCUT2D eigenvalue weighted by Crippen LogP contribution is 2.40. The smallest absolute Gasteiger partial charge is 0.224 e. The molecule has 4 heteroatoms. The number of carbonyl (C=O) groups is 1. The summed E-state index contributed by atoms with van der Waals surface area (Å²) in [5.41, 5.74) is 3.01. The molecule has 1 aliphatic carbocycles. The van der Waals surface area contributed by atoms with E-state index in [1.165, 1.54) is 0 Å². The van der Waals surface area contributed by atoms with E-state index in [1.54, 1.807) is 6.26 Å². The van der Waals surface area contributed by atoms with Crippen molar-refractivity contribution in [3.05, 3.63) is 12.3 Å². The lowest BCUT2D eigenvalue weighted by Gasteiger charge is -2.44. The Labute approximate surface area is 89.0 Å².